The van der Waals surface area contributed by atoms with Gasteiger partial charge in [0.25, 0.3) is 5.91 Å². The largest absolute Gasteiger partial charge is 0.491 e. The lowest BCUT2D eigenvalue weighted by molar-refractivity contribution is 0.0836. The van der Waals surface area contributed by atoms with Crippen molar-refractivity contribution in [1.82, 2.24) is 5.32 Å². The van der Waals surface area contributed by atoms with Gasteiger partial charge in [0.15, 0.2) is 11.5 Å². The van der Waals surface area contributed by atoms with Gasteiger partial charge in [0, 0.05) is 6.54 Å². The summed E-state index contributed by atoms with van der Waals surface area (Å²) in [5.74, 6) is 0.637. The Bertz CT molecular complexity index is 735. The molecule has 2 N–H and O–H groups in total. The molecule has 0 saturated heterocycles. The SMILES string of the molecule is O=C(NC[C@H](O)COc1ccc(F)cc1)c1cccc2c1OCCO2. The molecule has 6 nitrogen and oxygen atoms in total. The summed E-state index contributed by atoms with van der Waals surface area (Å²) < 4.78 is 29.1. The standard InChI is InChI=1S/C18H18FNO5/c19-12-4-6-14(7-5-12)25-11-13(21)10-20-18(22)15-2-1-3-16-17(15)24-9-8-23-16/h1-7,13,21H,8-11H2,(H,20,22)/t13-/m0/s1. The number of halogens is 1. The van der Waals surface area contributed by atoms with Gasteiger partial charge in [0.1, 0.15) is 37.5 Å². The number of ether oxygens (including phenoxy) is 3. The Morgan fingerprint density at radius 2 is 1.96 bits per heavy atom. The lowest BCUT2D eigenvalue weighted by Gasteiger charge is -2.21. The Morgan fingerprint density at radius 3 is 2.76 bits per heavy atom. The molecule has 3 rings (SSSR count). The van der Waals surface area contributed by atoms with Crippen molar-refractivity contribution in [2.45, 2.75) is 6.10 Å². The summed E-state index contributed by atoms with van der Waals surface area (Å²) in [5, 5.41) is 12.6. The van der Waals surface area contributed by atoms with Crippen LogP contribution in [0.15, 0.2) is 42.5 Å². The van der Waals surface area contributed by atoms with E-state index in [2.05, 4.69) is 5.32 Å². The Morgan fingerprint density at radius 1 is 1.20 bits per heavy atom. The maximum absolute atomic E-state index is 12.8. The summed E-state index contributed by atoms with van der Waals surface area (Å²) in [5.41, 5.74) is 0.351. The Labute approximate surface area is 144 Å². The predicted octanol–water partition coefficient (Wildman–Crippen LogP) is 1.77. The maximum atomic E-state index is 12.8. The summed E-state index contributed by atoms with van der Waals surface area (Å²) in [6, 6.07) is 10.5. The topological polar surface area (TPSA) is 77.0 Å². The zero-order valence-corrected chi connectivity index (χ0v) is 13.4. The van der Waals surface area contributed by atoms with Crippen molar-refractivity contribution in [3.05, 3.63) is 53.8 Å². The number of rotatable bonds is 6. The molecule has 0 fully saturated rings. The molecule has 1 amide bonds. The number of para-hydroxylation sites is 1. The van der Waals surface area contributed by atoms with Gasteiger partial charge in [-0.3, -0.25) is 4.79 Å². The molecule has 1 aliphatic rings. The molecule has 0 saturated carbocycles. The number of aliphatic hydroxyl groups excluding tert-OH is 1. The van der Waals surface area contributed by atoms with E-state index < -0.39 is 6.10 Å². The zero-order valence-electron chi connectivity index (χ0n) is 13.4. The maximum Gasteiger partial charge on any atom is 0.255 e. The highest BCUT2D eigenvalue weighted by Gasteiger charge is 2.20. The Balaban J connectivity index is 1.51. The van der Waals surface area contributed by atoms with Gasteiger partial charge in [-0.25, -0.2) is 4.39 Å². The summed E-state index contributed by atoms with van der Waals surface area (Å²) in [6.45, 7) is 0.798. The van der Waals surface area contributed by atoms with Crippen LogP contribution in [0.25, 0.3) is 0 Å². The van der Waals surface area contributed by atoms with E-state index in [1.807, 2.05) is 0 Å². The minimum atomic E-state index is -0.911. The number of nitrogens with one attached hydrogen (secondary N) is 1. The van der Waals surface area contributed by atoms with Gasteiger partial charge in [-0.15, -0.1) is 0 Å². The zero-order chi connectivity index (χ0) is 17.6. The molecular formula is C18H18FNO5. The van der Waals surface area contributed by atoms with Crippen molar-refractivity contribution in [2.24, 2.45) is 0 Å². The molecule has 2 aromatic carbocycles. The molecule has 0 bridgehead atoms. The van der Waals surface area contributed by atoms with E-state index >= 15 is 0 Å². The molecular weight excluding hydrogens is 329 g/mol. The van der Waals surface area contributed by atoms with Crippen LogP contribution in [0.5, 0.6) is 17.2 Å². The summed E-state index contributed by atoms with van der Waals surface area (Å²) >= 11 is 0. The first-order chi connectivity index (χ1) is 12.1. The number of hydrogen-bond donors (Lipinski definition) is 2. The van der Waals surface area contributed by atoms with Crippen LogP contribution in [0, 0.1) is 5.82 Å². The number of aliphatic hydroxyl groups is 1. The number of carbonyl (C=O) groups is 1. The summed E-state index contributed by atoms with van der Waals surface area (Å²) in [4.78, 5) is 12.3. The number of carbonyl (C=O) groups excluding carboxylic acids is 1. The van der Waals surface area contributed by atoms with Gasteiger partial charge >= 0.3 is 0 Å². The molecule has 2 aromatic rings. The van der Waals surface area contributed by atoms with Gasteiger partial charge in [-0.05, 0) is 36.4 Å². The quantitative estimate of drug-likeness (QED) is 0.833. The van der Waals surface area contributed by atoms with E-state index in [-0.39, 0.29) is 24.9 Å². The second-order valence-corrected chi connectivity index (χ2v) is 5.46. The molecule has 0 spiro atoms. The average molecular weight is 347 g/mol. The monoisotopic (exact) mass is 347 g/mol. The Kier molecular flexibility index (Phi) is 5.35. The number of benzene rings is 2. The van der Waals surface area contributed by atoms with Crippen LogP contribution in [0.2, 0.25) is 0 Å². The van der Waals surface area contributed by atoms with Gasteiger partial charge in [0.05, 0.1) is 5.56 Å². The van der Waals surface area contributed by atoms with E-state index in [0.29, 0.717) is 36.0 Å². The van der Waals surface area contributed by atoms with Gasteiger partial charge in [-0.1, -0.05) is 6.07 Å². The second kappa shape index (κ2) is 7.85. The molecule has 7 heteroatoms. The third-order valence-corrected chi connectivity index (χ3v) is 3.57. The molecule has 1 heterocycles. The van der Waals surface area contributed by atoms with Crippen LogP contribution in [0.1, 0.15) is 10.4 Å². The third-order valence-electron chi connectivity index (χ3n) is 3.57. The normalized spacial score (nSPS) is 13.8. The van der Waals surface area contributed by atoms with Crippen LogP contribution in [0.4, 0.5) is 4.39 Å². The lowest BCUT2D eigenvalue weighted by atomic mass is 10.1. The van der Waals surface area contributed by atoms with Crippen LogP contribution in [-0.4, -0.2) is 43.5 Å². The van der Waals surface area contributed by atoms with Crippen molar-refractivity contribution in [3.63, 3.8) is 0 Å². The minimum absolute atomic E-state index is 0.00452. The summed E-state index contributed by atoms with van der Waals surface area (Å²) in [6.07, 6.45) is -0.911. The molecule has 132 valence electrons. The molecule has 0 radical (unpaired) electrons. The molecule has 1 aliphatic heterocycles. The van der Waals surface area contributed by atoms with Crippen LogP contribution < -0.4 is 19.5 Å². The molecule has 1 atom stereocenters. The molecule has 0 aliphatic carbocycles. The van der Waals surface area contributed by atoms with Gasteiger partial charge in [-0.2, -0.15) is 0 Å². The average Bonchev–Trinajstić information content (AvgIpc) is 2.65. The second-order valence-electron chi connectivity index (χ2n) is 5.46. The van der Waals surface area contributed by atoms with E-state index in [1.54, 1.807) is 18.2 Å². The highest BCUT2D eigenvalue weighted by atomic mass is 19.1. The minimum Gasteiger partial charge on any atom is -0.491 e. The molecule has 0 unspecified atom stereocenters. The first kappa shape index (κ1) is 17.0. The first-order valence-corrected chi connectivity index (χ1v) is 7.87. The van der Waals surface area contributed by atoms with E-state index in [4.69, 9.17) is 14.2 Å². The highest BCUT2D eigenvalue weighted by Crippen LogP contribution is 2.33. The third kappa shape index (κ3) is 4.39. The fraction of sp³-hybridized carbons (Fsp3) is 0.278. The van der Waals surface area contributed by atoms with Gasteiger partial charge in [0.2, 0.25) is 0 Å². The lowest BCUT2D eigenvalue weighted by Crippen LogP contribution is -2.35. The van der Waals surface area contributed by atoms with E-state index in [0.717, 1.165) is 0 Å². The number of fused-ring (bicyclic) bond motifs is 1. The van der Waals surface area contributed by atoms with E-state index in [1.165, 1.54) is 24.3 Å². The van der Waals surface area contributed by atoms with Crippen molar-refractivity contribution in [2.75, 3.05) is 26.4 Å². The van der Waals surface area contributed by atoms with E-state index in [9.17, 15) is 14.3 Å². The molecule has 0 aromatic heterocycles. The van der Waals surface area contributed by atoms with Crippen molar-refractivity contribution in [1.29, 1.82) is 0 Å². The van der Waals surface area contributed by atoms with Crippen molar-refractivity contribution < 1.29 is 28.5 Å². The van der Waals surface area contributed by atoms with Crippen molar-refractivity contribution >= 4 is 5.91 Å². The van der Waals surface area contributed by atoms with Crippen LogP contribution >= 0.6 is 0 Å². The highest BCUT2D eigenvalue weighted by molar-refractivity contribution is 5.97. The van der Waals surface area contributed by atoms with Gasteiger partial charge < -0.3 is 24.6 Å². The fourth-order valence-corrected chi connectivity index (χ4v) is 2.34. The molecule has 25 heavy (non-hydrogen) atoms. The first-order valence-electron chi connectivity index (χ1n) is 7.87. The summed E-state index contributed by atoms with van der Waals surface area (Å²) in [7, 11) is 0. The Hall–Kier alpha value is -2.80. The predicted molar refractivity (Wildman–Crippen MR) is 87.7 cm³/mol. The number of hydrogen-bond acceptors (Lipinski definition) is 5. The smallest absolute Gasteiger partial charge is 0.255 e. The number of amides is 1. The van der Waals surface area contributed by atoms with Crippen LogP contribution in [-0.2, 0) is 0 Å². The van der Waals surface area contributed by atoms with Crippen LogP contribution in [0.3, 0.4) is 0 Å². The fourth-order valence-electron chi connectivity index (χ4n) is 2.34. The van der Waals surface area contributed by atoms with Crippen molar-refractivity contribution in [3.8, 4) is 17.2 Å².